The Bertz CT molecular complexity index is 754. The summed E-state index contributed by atoms with van der Waals surface area (Å²) in [6.07, 6.45) is 2.35. The van der Waals surface area contributed by atoms with Gasteiger partial charge in [-0.15, -0.1) is 0 Å². The van der Waals surface area contributed by atoms with Crippen molar-refractivity contribution in [3.8, 4) is 0 Å². The van der Waals surface area contributed by atoms with Crippen molar-refractivity contribution in [2.45, 2.75) is 6.42 Å². The Kier molecular flexibility index (Phi) is 6.62. The van der Waals surface area contributed by atoms with E-state index in [-0.39, 0.29) is 17.6 Å². The molecule has 2 N–H and O–H groups in total. The molecule has 1 fully saturated rings. The highest BCUT2D eigenvalue weighted by atomic mass is 16.3. The minimum atomic E-state index is -0.293. The Hall–Kier alpha value is -2.64. The van der Waals surface area contributed by atoms with Gasteiger partial charge >= 0.3 is 0 Å². The number of nitrogens with one attached hydrogen (secondary N) is 2. The fourth-order valence-electron chi connectivity index (χ4n) is 3.17. The first-order chi connectivity index (χ1) is 13.2. The molecule has 2 amide bonds. The first-order valence-corrected chi connectivity index (χ1v) is 9.28. The maximum atomic E-state index is 12.6. The van der Waals surface area contributed by atoms with E-state index in [1.54, 1.807) is 37.4 Å². The van der Waals surface area contributed by atoms with Crippen molar-refractivity contribution in [3.63, 3.8) is 0 Å². The van der Waals surface area contributed by atoms with Gasteiger partial charge in [-0.1, -0.05) is 12.1 Å². The molecule has 144 valence electrons. The van der Waals surface area contributed by atoms with Gasteiger partial charge in [0.2, 0.25) is 0 Å². The molecule has 7 nitrogen and oxygen atoms in total. The van der Waals surface area contributed by atoms with Gasteiger partial charge in [0.15, 0.2) is 5.76 Å². The lowest BCUT2D eigenvalue weighted by atomic mass is 10.1. The van der Waals surface area contributed by atoms with E-state index in [4.69, 9.17) is 4.42 Å². The molecular weight excluding hydrogens is 344 g/mol. The van der Waals surface area contributed by atoms with Crippen LogP contribution in [0.5, 0.6) is 0 Å². The molecule has 7 heteroatoms. The second kappa shape index (κ2) is 9.34. The normalized spacial score (nSPS) is 14.7. The number of nitrogens with zero attached hydrogens (tertiary/aromatic N) is 2. The summed E-state index contributed by atoms with van der Waals surface area (Å²) in [6.45, 7) is 5.73. The van der Waals surface area contributed by atoms with Crippen molar-refractivity contribution in [2.24, 2.45) is 0 Å². The summed E-state index contributed by atoms with van der Waals surface area (Å²) in [6, 6.07) is 10.4. The van der Waals surface area contributed by atoms with E-state index in [0.717, 1.165) is 39.1 Å². The predicted molar refractivity (Wildman–Crippen MR) is 104 cm³/mol. The van der Waals surface area contributed by atoms with Gasteiger partial charge in [0.05, 0.1) is 17.5 Å². The zero-order valence-corrected chi connectivity index (χ0v) is 15.6. The quantitative estimate of drug-likeness (QED) is 0.724. The Morgan fingerprint density at radius 3 is 2.70 bits per heavy atom. The highest BCUT2D eigenvalue weighted by molar-refractivity contribution is 6.09. The minimum absolute atomic E-state index is 0.176. The third kappa shape index (κ3) is 4.96. The van der Waals surface area contributed by atoms with Crippen LogP contribution in [0.15, 0.2) is 47.1 Å². The number of benzene rings is 1. The molecule has 0 bridgehead atoms. The summed E-state index contributed by atoms with van der Waals surface area (Å²) in [4.78, 5) is 29.0. The fraction of sp³-hybridized carbons (Fsp3) is 0.400. The molecule has 0 radical (unpaired) electrons. The first kappa shape index (κ1) is 19.1. The Balaban J connectivity index is 1.57. The van der Waals surface area contributed by atoms with Crippen LogP contribution in [-0.4, -0.2) is 63.0 Å². The SMILES string of the molecule is CN(C(=O)c1ccco1)c1ccccc1C(=O)NCCCN1CCNCC1. The third-order valence-corrected chi connectivity index (χ3v) is 4.69. The Morgan fingerprint density at radius 1 is 1.19 bits per heavy atom. The largest absolute Gasteiger partial charge is 0.459 e. The summed E-state index contributed by atoms with van der Waals surface area (Å²) in [5.41, 5.74) is 1.03. The van der Waals surface area contributed by atoms with Gasteiger partial charge in [-0.25, -0.2) is 0 Å². The van der Waals surface area contributed by atoms with E-state index >= 15 is 0 Å². The molecule has 3 rings (SSSR count). The maximum absolute atomic E-state index is 12.6. The lowest BCUT2D eigenvalue weighted by Crippen LogP contribution is -2.44. The standard InChI is InChI=1S/C20H26N4O3/c1-23(20(26)18-8-4-15-27-18)17-7-3-2-6-16(17)19(25)22-9-5-12-24-13-10-21-11-14-24/h2-4,6-8,15,21H,5,9-14H2,1H3,(H,22,25). The number of amides is 2. The highest BCUT2D eigenvalue weighted by Crippen LogP contribution is 2.21. The van der Waals surface area contributed by atoms with Crippen molar-refractivity contribution in [1.82, 2.24) is 15.5 Å². The van der Waals surface area contributed by atoms with Crippen LogP contribution in [0.25, 0.3) is 0 Å². The molecule has 1 aromatic carbocycles. The van der Waals surface area contributed by atoms with Crippen LogP contribution >= 0.6 is 0 Å². The second-order valence-electron chi connectivity index (χ2n) is 6.56. The van der Waals surface area contributed by atoms with Gasteiger partial charge < -0.3 is 24.9 Å². The number of carbonyl (C=O) groups excluding carboxylic acids is 2. The zero-order valence-electron chi connectivity index (χ0n) is 15.6. The third-order valence-electron chi connectivity index (χ3n) is 4.69. The summed E-state index contributed by atoms with van der Waals surface area (Å²) < 4.78 is 5.17. The highest BCUT2D eigenvalue weighted by Gasteiger charge is 2.21. The number of rotatable bonds is 7. The van der Waals surface area contributed by atoms with E-state index in [2.05, 4.69) is 15.5 Å². The van der Waals surface area contributed by atoms with Gasteiger partial charge in [-0.05, 0) is 37.2 Å². The van der Waals surface area contributed by atoms with Gasteiger partial charge in [0, 0.05) is 39.8 Å². The van der Waals surface area contributed by atoms with Crippen molar-refractivity contribution in [2.75, 3.05) is 51.2 Å². The van der Waals surface area contributed by atoms with Gasteiger partial charge in [-0.2, -0.15) is 0 Å². The number of piperazine rings is 1. The molecule has 0 atom stereocenters. The number of anilines is 1. The van der Waals surface area contributed by atoms with Crippen LogP contribution in [0.1, 0.15) is 27.3 Å². The lowest BCUT2D eigenvalue weighted by Gasteiger charge is -2.27. The number of furan rings is 1. The van der Waals surface area contributed by atoms with Crippen LogP contribution < -0.4 is 15.5 Å². The van der Waals surface area contributed by atoms with Gasteiger partial charge in [0.1, 0.15) is 0 Å². The van der Waals surface area contributed by atoms with Crippen LogP contribution in [0.4, 0.5) is 5.69 Å². The molecule has 0 spiro atoms. The summed E-state index contributed by atoms with van der Waals surface area (Å²) >= 11 is 0. The van der Waals surface area contributed by atoms with Gasteiger partial charge in [-0.3, -0.25) is 9.59 Å². The smallest absolute Gasteiger partial charge is 0.293 e. The van der Waals surface area contributed by atoms with Crippen molar-refractivity contribution in [1.29, 1.82) is 0 Å². The molecule has 0 unspecified atom stereocenters. The topological polar surface area (TPSA) is 77.8 Å². The minimum Gasteiger partial charge on any atom is -0.459 e. The molecular formula is C20H26N4O3. The summed E-state index contributed by atoms with van der Waals surface area (Å²) in [7, 11) is 1.64. The second-order valence-corrected chi connectivity index (χ2v) is 6.56. The average molecular weight is 370 g/mol. The monoisotopic (exact) mass is 370 g/mol. The molecule has 0 aliphatic carbocycles. The molecule has 1 aliphatic rings. The number of hydrogen-bond donors (Lipinski definition) is 2. The molecule has 2 aromatic rings. The molecule has 2 heterocycles. The Morgan fingerprint density at radius 2 is 1.96 bits per heavy atom. The number of carbonyl (C=O) groups is 2. The van der Waals surface area contributed by atoms with Crippen molar-refractivity contribution >= 4 is 17.5 Å². The molecule has 1 aromatic heterocycles. The molecule has 27 heavy (non-hydrogen) atoms. The van der Waals surface area contributed by atoms with E-state index in [9.17, 15) is 9.59 Å². The van der Waals surface area contributed by atoms with Crippen LogP contribution in [-0.2, 0) is 0 Å². The first-order valence-electron chi connectivity index (χ1n) is 9.28. The van der Waals surface area contributed by atoms with E-state index in [1.807, 2.05) is 6.07 Å². The lowest BCUT2D eigenvalue weighted by molar-refractivity contribution is 0.0951. The molecule has 0 saturated carbocycles. The van der Waals surface area contributed by atoms with Crippen molar-refractivity contribution < 1.29 is 14.0 Å². The maximum Gasteiger partial charge on any atom is 0.293 e. The molecule has 1 saturated heterocycles. The van der Waals surface area contributed by atoms with E-state index < -0.39 is 0 Å². The number of para-hydroxylation sites is 1. The summed E-state index contributed by atoms with van der Waals surface area (Å²) in [5, 5.41) is 6.30. The predicted octanol–water partition coefficient (Wildman–Crippen LogP) is 1.58. The van der Waals surface area contributed by atoms with Crippen molar-refractivity contribution in [3.05, 3.63) is 54.0 Å². The van der Waals surface area contributed by atoms with E-state index in [1.165, 1.54) is 11.2 Å². The Labute approximate surface area is 159 Å². The van der Waals surface area contributed by atoms with Crippen LogP contribution in [0.2, 0.25) is 0 Å². The fourth-order valence-corrected chi connectivity index (χ4v) is 3.17. The average Bonchev–Trinajstić information content (AvgIpc) is 3.25. The van der Waals surface area contributed by atoms with E-state index in [0.29, 0.717) is 17.8 Å². The van der Waals surface area contributed by atoms with Crippen LogP contribution in [0.3, 0.4) is 0 Å². The zero-order chi connectivity index (χ0) is 19.1. The van der Waals surface area contributed by atoms with Gasteiger partial charge in [0.25, 0.3) is 11.8 Å². The number of hydrogen-bond acceptors (Lipinski definition) is 5. The summed E-state index contributed by atoms with van der Waals surface area (Å²) in [5.74, 6) is -0.229. The molecule has 1 aliphatic heterocycles. The van der Waals surface area contributed by atoms with Crippen LogP contribution in [0, 0.1) is 0 Å².